The number of nitriles is 1. The number of nitrogens with zero attached hydrogens (tertiary/aromatic N) is 3. The Morgan fingerprint density at radius 3 is 2.44 bits per heavy atom. The summed E-state index contributed by atoms with van der Waals surface area (Å²) < 4.78 is 0. The van der Waals surface area contributed by atoms with E-state index in [9.17, 15) is 5.26 Å². The van der Waals surface area contributed by atoms with Crippen molar-refractivity contribution in [2.45, 2.75) is 27.7 Å². The molecule has 2 aromatic heterocycles. The molecule has 0 atom stereocenters. The molecule has 0 spiro atoms. The Hall–Kier alpha value is -1.93. The number of aromatic nitrogens is 2. The Labute approximate surface area is 110 Å². The maximum absolute atomic E-state index is 9.18. The largest absolute Gasteiger partial charge is 0.330 e. The zero-order valence-electron chi connectivity index (χ0n) is 10.8. The van der Waals surface area contributed by atoms with E-state index in [-0.39, 0.29) is 0 Å². The first kappa shape index (κ1) is 12.5. The van der Waals surface area contributed by atoms with Crippen LogP contribution >= 0.6 is 11.3 Å². The summed E-state index contributed by atoms with van der Waals surface area (Å²) in [6.45, 7) is 7.77. The highest BCUT2D eigenvalue weighted by Crippen LogP contribution is 2.27. The van der Waals surface area contributed by atoms with Gasteiger partial charge < -0.3 is 5.32 Å². The van der Waals surface area contributed by atoms with E-state index >= 15 is 0 Å². The quantitative estimate of drug-likeness (QED) is 0.897. The van der Waals surface area contributed by atoms with Crippen LogP contribution in [0.1, 0.15) is 27.5 Å². The van der Waals surface area contributed by atoms with Crippen LogP contribution in [-0.2, 0) is 0 Å². The molecule has 5 heteroatoms. The second-order valence-electron chi connectivity index (χ2n) is 4.17. The summed E-state index contributed by atoms with van der Waals surface area (Å²) in [5.41, 5.74) is 4.00. The third kappa shape index (κ3) is 2.34. The number of rotatable bonds is 2. The van der Waals surface area contributed by atoms with Crippen molar-refractivity contribution in [2.24, 2.45) is 0 Å². The molecule has 2 aromatic rings. The van der Waals surface area contributed by atoms with Crippen molar-refractivity contribution < 1.29 is 0 Å². The predicted molar refractivity (Wildman–Crippen MR) is 73.3 cm³/mol. The summed E-state index contributed by atoms with van der Waals surface area (Å²) in [7, 11) is 0. The van der Waals surface area contributed by atoms with Crippen LogP contribution in [0.4, 0.5) is 10.8 Å². The summed E-state index contributed by atoms with van der Waals surface area (Å²) in [5, 5.41) is 13.2. The Bertz CT molecular complexity index is 618. The van der Waals surface area contributed by atoms with Gasteiger partial charge in [-0.05, 0) is 33.8 Å². The number of anilines is 2. The molecule has 18 heavy (non-hydrogen) atoms. The topological polar surface area (TPSA) is 61.6 Å². The van der Waals surface area contributed by atoms with Gasteiger partial charge in [-0.1, -0.05) is 0 Å². The maximum atomic E-state index is 9.18. The fraction of sp³-hybridized carbons (Fsp3) is 0.308. The third-order valence-electron chi connectivity index (χ3n) is 2.71. The minimum Gasteiger partial charge on any atom is -0.330 e. The average molecular weight is 258 g/mol. The lowest BCUT2D eigenvalue weighted by Crippen LogP contribution is -1.99. The van der Waals surface area contributed by atoms with E-state index in [0.717, 1.165) is 27.9 Å². The lowest BCUT2D eigenvalue weighted by Gasteiger charge is -2.08. The first-order chi connectivity index (χ1) is 8.51. The van der Waals surface area contributed by atoms with Crippen molar-refractivity contribution in [1.29, 1.82) is 5.26 Å². The van der Waals surface area contributed by atoms with E-state index in [2.05, 4.69) is 21.4 Å². The van der Waals surface area contributed by atoms with Gasteiger partial charge in [0.15, 0.2) is 5.13 Å². The molecule has 2 rings (SSSR count). The highest BCUT2D eigenvalue weighted by atomic mass is 32.1. The minimum atomic E-state index is 0.575. The van der Waals surface area contributed by atoms with Crippen molar-refractivity contribution in [3.05, 3.63) is 33.6 Å². The molecule has 0 aliphatic heterocycles. The van der Waals surface area contributed by atoms with Crippen LogP contribution in [0, 0.1) is 39.0 Å². The molecule has 92 valence electrons. The minimum absolute atomic E-state index is 0.575. The van der Waals surface area contributed by atoms with Crippen molar-refractivity contribution in [2.75, 3.05) is 5.32 Å². The van der Waals surface area contributed by atoms with Gasteiger partial charge in [0.1, 0.15) is 6.07 Å². The number of aryl methyl sites for hydroxylation is 4. The Kier molecular flexibility index (Phi) is 3.30. The number of thiazole rings is 1. The first-order valence-electron chi connectivity index (χ1n) is 5.60. The number of hydrogen-bond acceptors (Lipinski definition) is 5. The molecule has 0 bridgehead atoms. The summed E-state index contributed by atoms with van der Waals surface area (Å²) in [5.74, 6) is 0. The van der Waals surface area contributed by atoms with Gasteiger partial charge in [-0.15, -0.1) is 11.3 Å². The lowest BCUT2D eigenvalue weighted by molar-refractivity contribution is 1.11. The van der Waals surface area contributed by atoms with Crippen molar-refractivity contribution in [3.8, 4) is 6.07 Å². The van der Waals surface area contributed by atoms with Crippen LogP contribution in [0.5, 0.6) is 0 Å². The predicted octanol–water partition coefficient (Wildman–Crippen LogP) is 3.39. The van der Waals surface area contributed by atoms with Crippen LogP contribution in [0.2, 0.25) is 0 Å². The van der Waals surface area contributed by atoms with E-state index in [1.165, 1.54) is 4.88 Å². The van der Waals surface area contributed by atoms with Gasteiger partial charge in [-0.25, -0.2) is 4.98 Å². The van der Waals surface area contributed by atoms with E-state index in [1.807, 2.05) is 33.8 Å². The first-order valence-corrected chi connectivity index (χ1v) is 6.42. The molecule has 0 aliphatic carbocycles. The van der Waals surface area contributed by atoms with Crippen LogP contribution in [0.25, 0.3) is 0 Å². The zero-order chi connectivity index (χ0) is 13.3. The van der Waals surface area contributed by atoms with Gasteiger partial charge in [-0.3, -0.25) is 4.98 Å². The molecule has 2 heterocycles. The van der Waals surface area contributed by atoms with E-state index in [4.69, 9.17) is 0 Å². The Morgan fingerprint density at radius 1 is 1.17 bits per heavy atom. The fourth-order valence-electron chi connectivity index (χ4n) is 1.71. The molecule has 0 saturated carbocycles. The molecule has 0 radical (unpaired) electrons. The molecular formula is C13H14N4S. The molecule has 1 N–H and O–H groups in total. The number of pyridine rings is 1. The monoisotopic (exact) mass is 258 g/mol. The Morgan fingerprint density at radius 2 is 1.89 bits per heavy atom. The van der Waals surface area contributed by atoms with Crippen LogP contribution in [0.15, 0.2) is 6.07 Å². The van der Waals surface area contributed by atoms with E-state index in [0.29, 0.717) is 5.56 Å². The zero-order valence-corrected chi connectivity index (χ0v) is 11.6. The third-order valence-corrected chi connectivity index (χ3v) is 3.70. The molecule has 0 saturated heterocycles. The molecule has 0 unspecified atom stereocenters. The molecule has 0 amide bonds. The summed E-state index contributed by atoms with van der Waals surface area (Å²) in [6.07, 6.45) is 0. The van der Waals surface area contributed by atoms with Gasteiger partial charge in [0.05, 0.1) is 22.6 Å². The molecule has 0 aromatic carbocycles. The summed E-state index contributed by atoms with van der Waals surface area (Å²) in [4.78, 5) is 9.89. The second kappa shape index (κ2) is 4.75. The van der Waals surface area contributed by atoms with Gasteiger partial charge in [0.2, 0.25) is 0 Å². The Balaban J connectivity index is 2.43. The molecule has 0 aliphatic rings. The van der Waals surface area contributed by atoms with Gasteiger partial charge in [0, 0.05) is 10.6 Å². The van der Waals surface area contributed by atoms with Crippen molar-refractivity contribution in [3.63, 3.8) is 0 Å². The number of hydrogen-bond donors (Lipinski definition) is 1. The van der Waals surface area contributed by atoms with E-state index < -0.39 is 0 Å². The lowest BCUT2D eigenvalue weighted by atomic mass is 10.1. The fourth-order valence-corrected chi connectivity index (χ4v) is 2.54. The molecular weight excluding hydrogens is 244 g/mol. The smallest absolute Gasteiger partial charge is 0.187 e. The van der Waals surface area contributed by atoms with Gasteiger partial charge in [0.25, 0.3) is 0 Å². The van der Waals surface area contributed by atoms with Crippen molar-refractivity contribution in [1.82, 2.24) is 9.97 Å². The highest BCUT2D eigenvalue weighted by Gasteiger charge is 2.10. The van der Waals surface area contributed by atoms with Crippen molar-refractivity contribution >= 4 is 22.2 Å². The van der Waals surface area contributed by atoms with E-state index in [1.54, 1.807) is 11.3 Å². The number of nitrogens with one attached hydrogen (secondary N) is 1. The van der Waals surface area contributed by atoms with Crippen LogP contribution in [0.3, 0.4) is 0 Å². The van der Waals surface area contributed by atoms with Crippen LogP contribution < -0.4 is 5.32 Å². The standard InChI is InChI=1S/C13H14N4S/c1-7-5-12(11(6-14)9(3)15-7)17-13-16-8(2)10(4)18-13/h5H,1-4H3,(H,15,16,17). The maximum Gasteiger partial charge on any atom is 0.187 e. The van der Waals surface area contributed by atoms with Gasteiger partial charge >= 0.3 is 0 Å². The highest BCUT2D eigenvalue weighted by molar-refractivity contribution is 7.15. The molecule has 0 fully saturated rings. The summed E-state index contributed by atoms with van der Waals surface area (Å²) >= 11 is 1.59. The molecule has 4 nitrogen and oxygen atoms in total. The second-order valence-corrected chi connectivity index (χ2v) is 5.37. The SMILES string of the molecule is Cc1cc(Nc2nc(C)c(C)s2)c(C#N)c(C)n1. The normalized spacial score (nSPS) is 10.2. The van der Waals surface area contributed by atoms with Gasteiger partial charge in [-0.2, -0.15) is 5.26 Å². The van der Waals surface area contributed by atoms with Crippen LogP contribution in [-0.4, -0.2) is 9.97 Å². The summed E-state index contributed by atoms with van der Waals surface area (Å²) in [6, 6.07) is 4.06. The average Bonchev–Trinajstić information content (AvgIpc) is 2.57.